The van der Waals surface area contributed by atoms with Crippen LogP contribution < -0.4 is 10.2 Å². The summed E-state index contributed by atoms with van der Waals surface area (Å²) in [5, 5.41) is 0.867. The quantitative estimate of drug-likeness (QED) is 0.819. The van der Waals surface area contributed by atoms with E-state index in [9.17, 15) is 14.4 Å². The highest BCUT2D eigenvalue weighted by molar-refractivity contribution is 6.07. The molecule has 1 aromatic rings. The Kier molecular flexibility index (Phi) is 3.99. The number of hydrogen-bond donors (Lipinski definition) is 1. The molecule has 0 spiro atoms. The third-order valence-corrected chi connectivity index (χ3v) is 5.67. The summed E-state index contributed by atoms with van der Waals surface area (Å²) in [6.07, 6.45) is 0.337. The van der Waals surface area contributed by atoms with Crippen LogP contribution in [0.15, 0.2) is 18.2 Å². The van der Waals surface area contributed by atoms with Crippen LogP contribution >= 0.6 is 0 Å². The Hall–Kier alpha value is -2.41. The molecule has 3 aliphatic rings. The third-order valence-electron chi connectivity index (χ3n) is 5.67. The molecule has 138 valence electrons. The van der Waals surface area contributed by atoms with Gasteiger partial charge in [-0.15, -0.1) is 0 Å². The smallest absolute Gasteiger partial charge is 0.279 e. The lowest BCUT2D eigenvalue weighted by Gasteiger charge is -2.21. The first-order valence-electron chi connectivity index (χ1n) is 8.94. The van der Waals surface area contributed by atoms with Crippen LogP contribution in [0, 0.1) is 25.7 Å². The molecule has 0 aromatic heterocycles. The molecule has 0 aliphatic carbocycles. The second-order valence-electron chi connectivity index (χ2n) is 7.34. The molecule has 1 N–H and O–H groups in total. The van der Waals surface area contributed by atoms with E-state index in [2.05, 4.69) is 5.43 Å². The predicted molar refractivity (Wildman–Crippen MR) is 90.9 cm³/mol. The maximum absolute atomic E-state index is 12.6. The molecule has 26 heavy (non-hydrogen) atoms. The highest BCUT2D eigenvalue weighted by Gasteiger charge is 2.63. The van der Waals surface area contributed by atoms with Crippen LogP contribution in [0.4, 0.5) is 0 Å². The molecule has 0 saturated carbocycles. The molecule has 0 radical (unpaired) electrons. The average molecular weight is 358 g/mol. The van der Waals surface area contributed by atoms with Crippen LogP contribution in [0.1, 0.15) is 30.9 Å². The topological polar surface area (TPSA) is 84.9 Å². The lowest BCUT2D eigenvalue weighted by molar-refractivity contribution is -0.153. The fraction of sp³-hybridized carbons (Fsp3) is 0.526. The number of hydrogen-bond acceptors (Lipinski definition) is 5. The highest BCUT2D eigenvalue weighted by atomic mass is 16.5. The number of benzene rings is 1. The second kappa shape index (κ2) is 6.09. The summed E-state index contributed by atoms with van der Waals surface area (Å²) in [7, 11) is 0. The Labute approximate surface area is 151 Å². The lowest BCUT2D eigenvalue weighted by Crippen LogP contribution is -2.51. The predicted octanol–water partition coefficient (Wildman–Crippen LogP) is 1.26. The van der Waals surface area contributed by atoms with Crippen LogP contribution in [-0.2, 0) is 19.1 Å². The number of nitrogens with one attached hydrogen (secondary N) is 1. The fourth-order valence-electron chi connectivity index (χ4n) is 4.07. The summed E-state index contributed by atoms with van der Waals surface area (Å²) >= 11 is 0. The zero-order chi connectivity index (χ0) is 18.6. The summed E-state index contributed by atoms with van der Waals surface area (Å²) < 4.78 is 11.3. The number of nitrogens with zero attached hydrogens (tertiary/aromatic N) is 1. The highest BCUT2D eigenvalue weighted by Crippen LogP contribution is 2.48. The summed E-state index contributed by atoms with van der Waals surface area (Å²) in [5.74, 6) is -1.63. The number of carbonyl (C=O) groups excluding carboxylic acids is 3. The van der Waals surface area contributed by atoms with E-state index < -0.39 is 23.8 Å². The zero-order valence-electron chi connectivity index (χ0n) is 15.0. The van der Waals surface area contributed by atoms with Gasteiger partial charge in [0.05, 0.1) is 24.0 Å². The molecule has 7 nitrogen and oxygen atoms in total. The van der Waals surface area contributed by atoms with Gasteiger partial charge >= 0.3 is 0 Å². The molecule has 3 aliphatic heterocycles. The van der Waals surface area contributed by atoms with Crippen molar-refractivity contribution < 1.29 is 23.9 Å². The Morgan fingerprint density at radius 2 is 1.77 bits per heavy atom. The molecular formula is C19H22N2O5. The van der Waals surface area contributed by atoms with E-state index in [0.29, 0.717) is 5.75 Å². The molecule has 0 unspecified atom stereocenters. The van der Waals surface area contributed by atoms with Crippen molar-refractivity contribution in [3.63, 3.8) is 0 Å². The molecule has 4 rings (SSSR count). The van der Waals surface area contributed by atoms with E-state index >= 15 is 0 Å². The molecule has 7 heteroatoms. The van der Waals surface area contributed by atoms with E-state index in [-0.39, 0.29) is 24.0 Å². The molecule has 3 heterocycles. The monoisotopic (exact) mass is 358 g/mol. The first kappa shape index (κ1) is 17.0. The van der Waals surface area contributed by atoms with Gasteiger partial charge in [0.25, 0.3) is 17.7 Å². The minimum Gasteiger partial charge on any atom is -0.481 e. The van der Waals surface area contributed by atoms with Gasteiger partial charge in [0.2, 0.25) is 0 Å². The summed E-state index contributed by atoms with van der Waals surface area (Å²) in [6, 6.07) is 5.56. The van der Waals surface area contributed by atoms with Gasteiger partial charge in [-0.25, -0.2) is 0 Å². The van der Waals surface area contributed by atoms with E-state index in [1.165, 1.54) is 0 Å². The number of aryl methyl sites for hydroxylation is 2. The number of imide groups is 1. The SMILES string of the molecule is Cc1ccc(O[C@H](C)C(=O)NN2C(=O)[C@@H]3[C@@H](C2=O)[C@@H]2CC[C@@H]3O2)cc1C. The maximum Gasteiger partial charge on any atom is 0.279 e. The van der Waals surface area contributed by atoms with Crippen molar-refractivity contribution in [1.29, 1.82) is 0 Å². The van der Waals surface area contributed by atoms with Crippen LogP contribution in [0.5, 0.6) is 5.75 Å². The third kappa shape index (κ3) is 2.58. The molecular weight excluding hydrogens is 336 g/mol. The van der Waals surface area contributed by atoms with Gasteiger partial charge in [-0.2, -0.15) is 5.01 Å². The minimum atomic E-state index is -0.842. The Morgan fingerprint density at radius 3 is 2.35 bits per heavy atom. The number of ether oxygens (including phenoxy) is 2. The standard InChI is InChI=1S/C19H22N2O5/c1-9-4-5-12(8-10(9)2)25-11(3)17(22)20-21-18(23)15-13-6-7-14(26-13)16(15)19(21)24/h4-5,8,11,13-16H,6-7H2,1-3H3,(H,20,22)/t11-,13+,14+,15+,16+/m1/s1. The number of amides is 3. The van der Waals surface area contributed by atoms with Gasteiger partial charge in [0.1, 0.15) is 5.75 Å². The van der Waals surface area contributed by atoms with E-state index in [4.69, 9.17) is 9.47 Å². The Bertz CT molecular complexity index is 764. The summed E-state index contributed by atoms with van der Waals surface area (Å²) in [5.41, 5.74) is 4.63. The van der Waals surface area contributed by atoms with E-state index in [1.54, 1.807) is 13.0 Å². The molecule has 1 aromatic carbocycles. The van der Waals surface area contributed by atoms with Gasteiger partial charge in [0.15, 0.2) is 6.10 Å². The van der Waals surface area contributed by atoms with Gasteiger partial charge in [0, 0.05) is 0 Å². The van der Waals surface area contributed by atoms with Crippen molar-refractivity contribution in [3.8, 4) is 5.75 Å². The number of hydrazine groups is 1. The van der Waals surface area contributed by atoms with Gasteiger partial charge < -0.3 is 9.47 Å². The van der Waals surface area contributed by atoms with Crippen LogP contribution in [0.25, 0.3) is 0 Å². The van der Waals surface area contributed by atoms with Crippen molar-refractivity contribution in [2.75, 3.05) is 0 Å². The molecule has 5 atom stereocenters. The number of carbonyl (C=O) groups is 3. The van der Waals surface area contributed by atoms with Crippen LogP contribution in [0.3, 0.4) is 0 Å². The van der Waals surface area contributed by atoms with Gasteiger partial charge in [-0.1, -0.05) is 6.07 Å². The lowest BCUT2D eigenvalue weighted by atomic mass is 9.81. The molecule has 2 bridgehead atoms. The van der Waals surface area contributed by atoms with E-state index in [1.807, 2.05) is 26.0 Å². The van der Waals surface area contributed by atoms with Crippen molar-refractivity contribution in [1.82, 2.24) is 10.4 Å². The van der Waals surface area contributed by atoms with Crippen molar-refractivity contribution in [2.45, 2.75) is 51.9 Å². The van der Waals surface area contributed by atoms with Crippen LogP contribution in [0.2, 0.25) is 0 Å². The van der Waals surface area contributed by atoms with Crippen molar-refractivity contribution in [2.24, 2.45) is 11.8 Å². The van der Waals surface area contributed by atoms with Crippen molar-refractivity contribution in [3.05, 3.63) is 29.3 Å². The summed E-state index contributed by atoms with van der Waals surface area (Å²) in [4.78, 5) is 37.5. The molecule has 3 saturated heterocycles. The van der Waals surface area contributed by atoms with Gasteiger partial charge in [-0.3, -0.25) is 19.8 Å². The van der Waals surface area contributed by atoms with E-state index in [0.717, 1.165) is 29.0 Å². The Morgan fingerprint density at radius 1 is 1.15 bits per heavy atom. The normalized spacial score (nSPS) is 30.5. The first-order chi connectivity index (χ1) is 12.4. The minimum absolute atomic E-state index is 0.201. The first-order valence-corrected chi connectivity index (χ1v) is 8.94. The van der Waals surface area contributed by atoms with Crippen LogP contribution in [-0.4, -0.2) is 41.0 Å². The second-order valence-corrected chi connectivity index (χ2v) is 7.34. The zero-order valence-corrected chi connectivity index (χ0v) is 15.0. The fourth-order valence-corrected chi connectivity index (χ4v) is 4.07. The number of rotatable bonds is 4. The largest absolute Gasteiger partial charge is 0.481 e. The average Bonchev–Trinajstić information content (AvgIpc) is 3.28. The van der Waals surface area contributed by atoms with Gasteiger partial charge in [-0.05, 0) is 56.9 Å². The van der Waals surface area contributed by atoms with Crippen molar-refractivity contribution >= 4 is 17.7 Å². The maximum atomic E-state index is 12.6. The Balaban J connectivity index is 1.42. The molecule has 3 fully saturated rings. The molecule has 3 amide bonds. The summed E-state index contributed by atoms with van der Waals surface area (Å²) in [6.45, 7) is 5.54. The number of fused-ring (bicyclic) bond motifs is 5.